The first-order valence-corrected chi connectivity index (χ1v) is 9.60. The normalized spacial score (nSPS) is 12.0. The van der Waals surface area contributed by atoms with Crippen LogP contribution >= 0.6 is 0 Å². The number of nitriles is 1. The third kappa shape index (κ3) is 3.16. The number of benzene rings is 1. The van der Waals surface area contributed by atoms with Crippen molar-refractivity contribution < 1.29 is 0 Å². The first kappa shape index (κ1) is 18.4. The van der Waals surface area contributed by atoms with Crippen LogP contribution in [0, 0.1) is 11.3 Å². The number of rotatable bonds is 4. The number of hydrogen-bond donors (Lipinski definition) is 1. The van der Waals surface area contributed by atoms with Gasteiger partial charge in [-0.25, -0.2) is 19.3 Å². The minimum Gasteiger partial charge on any atom is -0.383 e. The maximum absolute atomic E-state index is 9.28. The lowest BCUT2D eigenvalue weighted by Crippen LogP contribution is -2.09. The molecular formula is C22H17N9. The van der Waals surface area contributed by atoms with Crippen LogP contribution in [-0.4, -0.2) is 34.5 Å². The van der Waals surface area contributed by atoms with E-state index in [4.69, 9.17) is 10.8 Å². The van der Waals surface area contributed by atoms with Crippen molar-refractivity contribution in [2.24, 2.45) is 0 Å². The molecule has 0 saturated carbocycles. The highest BCUT2D eigenvalue weighted by atomic mass is 15.3. The van der Waals surface area contributed by atoms with Gasteiger partial charge in [0.1, 0.15) is 17.8 Å². The zero-order chi connectivity index (χ0) is 21.4. The quantitative estimate of drug-likeness (QED) is 0.485. The maximum Gasteiger partial charge on any atom is 0.164 e. The largest absolute Gasteiger partial charge is 0.383 e. The molecule has 0 spiro atoms. The Morgan fingerprint density at radius 1 is 1.13 bits per heavy atom. The second-order valence-corrected chi connectivity index (χ2v) is 7.05. The lowest BCUT2D eigenvalue weighted by molar-refractivity contribution is 0.580. The topological polar surface area (TPSA) is 124 Å². The van der Waals surface area contributed by atoms with Gasteiger partial charge in [-0.15, -0.1) is 0 Å². The molecule has 0 saturated heterocycles. The lowest BCUT2D eigenvalue weighted by Gasteiger charge is -2.10. The summed E-state index contributed by atoms with van der Waals surface area (Å²) in [4.78, 5) is 12.7. The summed E-state index contributed by atoms with van der Waals surface area (Å²) in [6.07, 6.45) is 8.64. The van der Waals surface area contributed by atoms with Crippen molar-refractivity contribution in [1.82, 2.24) is 34.5 Å². The molecule has 4 heterocycles. The zero-order valence-corrected chi connectivity index (χ0v) is 16.6. The molecule has 31 heavy (non-hydrogen) atoms. The summed E-state index contributed by atoms with van der Waals surface area (Å²) in [5.74, 6) is 0.340. The van der Waals surface area contributed by atoms with Crippen molar-refractivity contribution in [2.75, 3.05) is 5.73 Å². The van der Waals surface area contributed by atoms with Crippen LogP contribution in [0.15, 0.2) is 67.5 Å². The van der Waals surface area contributed by atoms with E-state index in [1.165, 1.54) is 6.33 Å². The predicted octanol–water partition coefficient (Wildman–Crippen LogP) is 3.14. The van der Waals surface area contributed by atoms with Crippen LogP contribution in [0.4, 0.5) is 5.82 Å². The monoisotopic (exact) mass is 407 g/mol. The highest BCUT2D eigenvalue weighted by Gasteiger charge is 2.22. The highest BCUT2D eigenvalue weighted by molar-refractivity contribution is 5.98. The van der Waals surface area contributed by atoms with Gasteiger partial charge in [-0.3, -0.25) is 4.98 Å². The number of nitrogens with zero attached hydrogens (tertiary/aromatic N) is 8. The first-order chi connectivity index (χ1) is 15.2. The van der Waals surface area contributed by atoms with Crippen molar-refractivity contribution in [1.29, 1.82) is 5.26 Å². The van der Waals surface area contributed by atoms with Crippen LogP contribution in [0.1, 0.15) is 24.1 Å². The third-order valence-electron chi connectivity index (χ3n) is 5.15. The third-order valence-corrected chi connectivity index (χ3v) is 5.15. The van der Waals surface area contributed by atoms with Gasteiger partial charge < -0.3 is 5.73 Å². The average Bonchev–Trinajstić information content (AvgIpc) is 3.46. The molecular weight excluding hydrogens is 390 g/mol. The Morgan fingerprint density at radius 2 is 2.03 bits per heavy atom. The molecule has 0 amide bonds. The van der Waals surface area contributed by atoms with Gasteiger partial charge in [0.25, 0.3) is 0 Å². The first-order valence-electron chi connectivity index (χ1n) is 9.60. The van der Waals surface area contributed by atoms with Gasteiger partial charge in [0.05, 0.1) is 41.1 Å². The van der Waals surface area contributed by atoms with Gasteiger partial charge in [0.15, 0.2) is 5.65 Å². The molecule has 2 N–H and O–H groups in total. The van der Waals surface area contributed by atoms with E-state index >= 15 is 0 Å². The van der Waals surface area contributed by atoms with Crippen LogP contribution in [-0.2, 0) is 0 Å². The summed E-state index contributed by atoms with van der Waals surface area (Å²) in [6, 6.07) is 13.0. The van der Waals surface area contributed by atoms with Crippen molar-refractivity contribution in [3.63, 3.8) is 0 Å². The Hall–Kier alpha value is -4.58. The van der Waals surface area contributed by atoms with Crippen molar-refractivity contribution in [3.05, 3.63) is 78.6 Å². The Balaban J connectivity index is 1.63. The molecule has 9 nitrogen and oxygen atoms in total. The predicted molar refractivity (Wildman–Crippen MR) is 115 cm³/mol. The van der Waals surface area contributed by atoms with Crippen molar-refractivity contribution in [2.45, 2.75) is 13.0 Å². The number of aromatic nitrogens is 7. The number of nitrogen functional groups attached to an aromatic ring is 1. The van der Waals surface area contributed by atoms with E-state index in [9.17, 15) is 5.26 Å². The molecule has 0 aliphatic carbocycles. The summed E-state index contributed by atoms with van der Waals surface area (Å²) in [5.41, 5.74) is 10.6. The lowest BCUT2D eigenvalue weighted by atomic mass is 10.1. The van der Waals surface area contributed by atoms with Crippen molar-refractivity contribution >= 4 is 16.9 Å². The highest BCUT2D eigenvalue weighted by Crippen LogP contribution is 2.33. The Kier molecular flexibility index (Phi) is 4.37. The smallest absolute Gasteiger partial charge is 0.164 e. The number of hydrogen-bond acceptors (Lipinski definition) is 7. The average molecular weight is 407 g/mol. The second kappa shape index (κ2) is 7.35. The molecule has 4 aromatic heterocycles. The number of nitrogens with two attached hydrogens (primary N) is 1. The van der Waals surface area contributed by atoms with Crippen LogP contribution < -0.4 is 5.73 Å². The minimum absolute atomic E-state index is 0.171. The second-order valence-electron chi connectivity index (χ2n) is 7.05. The SMILES string of the molecule is CC(c1cnn(-c2cccnc2)c1)n1nc(-c2cccc(C#N)c2)c2c(N)ncnc21. The van der Waals surface area contributed by atoms with Gasteiger partial charge in [-0.2, -0.15) is 15.5 Å². The molecule has 1 aromatic carbocycles. The number of fused-ring (bicyclic) bond motifs is 1. The summed E-state index contributed by atoms with van der Waals surface area (Å²) in [7, 11) is 0. The fraction of sp³-hybridized carbons (Fsp3) is 0.0909. The standard InChI is InChI=1S/C22H17N9/c1-14(17-10-28-30(12-17)18-6-3-7-25-11-18)31-22-19(21(24)26-13-27-22)20(29-31)16-5-2-4-15(8-16)9-23/h2-8,10-14H,1H3,(H2,24,26,27). The molecule has 9 heteroatoms. The molecule has 0 aliphatic heterocycles. The maximum atomic E-state index is 9.28. The summed E-state index contributed by atoms with van der Waals surface area (Å²) < 4.78 is 3.58. The molecule has 1 atom stereocenters. The summed E-state index contributed by atoms with van der Waals surface area (Å²) in [6.45, 7) is 2.02. The van der Waals surface area contributed by atoms with Crippen LogP contribution in [0.25, 0.3) is 28.0 Å². The minimum atomic E-state index is -0.171. The molecule has 5 rings (SSSR count). The van der Waals surface area contributed by atoms with Crippen LogP contribution in [0.2, 0.25) is 0 Å². The molecule has 0 radical (unpaired) electrons. The van der Waals surface area contributed by atoms with Crippen molar-refractivity contribution in [3.8, 4) is 23.0 Å². The number of anilines is 1. The van der Waals surface area contributed by atoms with Gasteiger partial charge in [-0.05, 0) is 31.2 Å². The van der Waals surface area contributed by atoms with Crippen LogP contribution in [0.5, 0.6) is 0 Å². The van der Waals surface area contributed by atoms with E-state index in [1.807, 2.05) is 42.1 Å². The molecule has 1 unspecified atom stereocenters. The van der Waals surface area contributed by atoms with Gasteiger partial charge in [-0.1, -0.05) is 12.1 Å². The van der Waals surface area contributed by atoms with E-state index in [-0.39, 0.29) is 6.04 Å². The van der Waals surface area contributed by atoms with Gasteiger partial charge in [0, 0.05) is 23.5 Å². The van der Waals surface area contributed by atoms with E-state index in [0.29, 0.717) is 28.1 Å². The summed E-state index contributed by atoms with van der Waals surface area (Å²) >= 11 is 0. The molecule has 0 fully saturated rings. The Labute approximate surface area is 177 Å². The molecule has 0 bridgehead atoms. The summed E-state index contributed by atoms with van der Waals surface area (Å²) in [5, 5.41) is 19.2. The molecule has 0 aliphatic rings. The Morgan fingerprint density at radius 3 is 2.84 bits per heavy atom. The van der Waals surface area contributed by atoms with Gasteiger partial charge >= 0.3 is 0 Å². The van der Waals surface area contributed by atoms with Gasteiger partial charge in [0.2, 0.25) is 0 Å². The molecule has 150 valence electrons. The van der Waals surface area contributed by atoms with E-state index in [0.717, 1.165) is 16.8 Å². The fourth-order valence-electron chi connectivity index (χ4n) is 3.53. The number of pyridine rings is 1. The molecule has 5 aromatic rings. The zero-order valence-electron chi connectivity index (χ0n) is 16.6. The Bertz CT molecular complexity index is 1430. The fourth-order valence-corrected chi connectivity index (χ4v) is 3.53. The van der Waals surface area contributed by atoms with E-state index < -0.39 is 0 Å². The van der Waals surface area contributed by atoms with E-state index in [2.05, 4.69) is 26.1 Å². The van der Waals surface area contributed by atoms with E-state index in [1.54, 1.807) is 35.4 Å². The van der Waals surface area contributed by atoms with Crippen LogP contribution in [0.3, 0.4) is 0 Å².